The van der Waals surface area contributed by atoms with E-state index in [2.05, 4.69) is 26.0 Å². The molecular weight excluding hydrogens is 330 g/mol. The quantitative estimate of drug-likeness (QED) is 0.832. The van der Waals surface area contributed by atoms with Crippen molar-refractivity contribution in [3.05, 3.63) is 45.8 Å². The first-order chi connectivity index (χ1) is 12.8. The predicted molar refractivity (Wildman–Crippen MR) is 96.2 cm³/mol. The van der Waals surface area contributed by atoms with Crippen molar-refractivity contribution in [2.45, 2.75) is 57.2 Å². The van der Waals surface area contributed by atoms with Crippen LogP contribution in [-0.4, -0.2) is 38.9 Å². The van der Waals surface area contributed by atoms with Gasteiger partial charge in [0, 0.05) is 42.3 Å². The Hall–Kier alpha value is -2.28. The van der Waals surface area contributed by atoms with E-state index in [0.29, 0.717) is 25.7 Å². The molecule has 0 radical (unpaired) electrons. The summed E-state index contributed by atoms with van der Waals surface area (Å²) >= 11 is 0. The van der Waals surface area contributed by atoms with E-state index in [1.807, 2.05) is 0 Å². The third kappa shape index (κ3) is 3.00. The molecule has 1 unspecified atom stereocenters. The second-order valence-electron chi connectivity index (χ2n) is 7.50. The number of anilines is 1. The van der Waals surface area contributed by atoms with Crippen LogP contribution in [0.1, 0.15) is 48.6 Å². The van der Waals surface area contributed by atoms with Crippen molar-refractivity contribution in [1.82, 2.24) is 19.7 Å². The van der Waals surface area contributed by atoms with Gasteiger partial charge in [-0.25, -0.2) is 14.6 Å². The second-order valence-corrected chi connectivity index (χ2v) is 7.50. The molecule has 7 heteroatoms. The van der Waals surface area contributed by atoms with Crippen molar-refractivity contribution < 1.29 is 4.74 Å². The summed E-state index contributed by atoms with van der Waals surface area (Å²) in [5, 5.41) is 4.62. The summed E-state index contributed by atoms with van der Waals surface area (Å²) in [6, 6.07) is 4.08. The van der Waals surface area contributed by atoms with Crippen LogP contribution in [0.4, 0.5) is 5.82 Å². The van der Waals surface area contributed by atoms with E-state index in [4.69, 9.17) is 4.74 Å². The van der Waals surface area contributed by atoms with Gasteiger partial charge in [0.2, 0.25) is 0 Å². The molecule has 0 spiro atoms. The monoisotopic (exact) mass is 353 g/mol. The molecule has 0 amide bonds. The van der Waals surface area contributed by atoms with Crippen molar-refractivity contribution in [3.63, 3.8) is 0 Å². The van der Waals surface area contributed by atoms with Gasteiger partial charge in [-0.05, 0) is 25.7 Å². The predicted octanol–water partition coefficient (Wildman–Crippen LogP) is 1.65. The summed E-state index contributed by atoms with van der Waals surface area (Å²) in [7, 11) is 0. The molecular formula is C19H23N5O2. The average Bonchev–Trinajstić information content (AvgIpc) is 3.42. The van der Waals surface area contributed by atoms with Gasteiger partial charge >= 0.3 is 0 Å². The van der Waals surface area contributed by atoms with Crippen LogP contribution in [0.2, 0.25) is 0 Å². The van der Waals surface area contributed by atoms with Gasteiger partial charge in [0.05, 0.1) is 31.5 Å². The zero-order valence-electron chi connectivity index (χ0n) is 14.8. The fraction of sp³-hybridized carbons (Fsp3) is 0.579. The van der Waals surface area contributed by atoms with Crippen molar-refractivity contribution in [1.29, 1.82) is 0 Å². The maximum atomic E-state index is 12.5. The average molecular weight is 353 g/mol. The summed E-state index contributed by atoms with van der Waals surface area (Å²) in [5.41, 5.74) is 3.05. The number of hydrogen-bond donors (Lipinski definition) is 0. The molecule has 0 N–H and O–H groups in total. The minimum atomic E-state index is -0.0394. The smallest absolute Gasteiger partial charge is 0.267 e. The molecule has 5 rings (SSSR count). The molecule has 0 aromatic carbocycles. The largest absolute Gasteiger partial charge is 0.376 e. The second kappa shape index (κ2) is 6.46. The Bertz CT molecular complexity index is 876. The Morgan fingerprint density at radius 2 is 2.12 bits per heavy atom. The number of ether oxygens (including phenoxy) is 1. The summed E-state index contributed by atoms with van der Waals surface area (Å²) in [5.74, 6) is 1.61. The molecule has 7 nitrogen and oxygen atoms in total. The van der Waals surface area contributed by atoms with E-state index in [9.17, 15) is 4.79 Å². The van der Waals surface area contributed by atoms with E-state index in [-0.39, 0.29) is 11.6 Å². The topological polar surface area (TPSA) is 73.1 Å². The lowest BCUT2D eigenvalue weighted by Crippen LogP contribution is -2.38. The van der Waals surface area contributed by atoms with Gasteiger partial charge in [-0.3, -0.25) is 4.79 Å². The van der Waals surface area contributed by atoms with Gasteiger partial charge in [-0.15, -0.1) is 0 Å². The third-order valence-electron chi connectivity index (χ3n) is 5.63. The fourth-order valence-electron chi connectivity index (χ4n) is 4.03. The van der Waals surface area contributed by atoms with Gasteiger partial charge in [-0.2, -0.15) is 5.10 Å². The normalized spacial score (nSPS) is 22.5. The van der Waals surface area contributed by atoms with E-state index in [1.165, 1.54) is 12.8 Å². The molecule has 1 aliphatic carbocycles. The standard InChI is InChI=1S/C19H23N5O2/c25-19-8-14-11-26-7-5-16(14)22-24(19)10-15-2-1-6-23(15)18-9-17(13-3-4-13)20-12-21-18/h8-9,12-13,15H,1-7,10-11H2. The summed E-state index contributed by atoms with van der Waals surface area (Å²) < 4.78 is 7.06. The Morgan fingerprint density at radius 1 is 1.19 bits per heavy atom. The number of rotatable bonds is 4. The molecule has 136 valence electrons. The molecule has 1 saturated carbocycles. The van der Waals surface area contributed by atoms with Gasteiger partial charge in [0.15, 0.2) is 0 Å². The SMILES string of the molecule is O=c1cc2c(nn1CC1CCCN1c1cc(C3CC3)ncn1)CCOC2. The lowest BCUT2D eigenvalue weighted by atomic mass is 10.1. The van der Waals surface area contributed by atoms with Gasteiger partial charge < -0.3 is 9.64 Å². The van der Waals surface area contributed by atoms with Gasteiger partial charge in [0.1, 0.15) is 12.1 Å². The number of nitrogens with zero attached hydrogens (tertiary/aromatic N) is 5. The molecule has 26 heavy (non-hydrogen) atoms. The van der Waals surface area contributed by atoms with Crippen molar-refractivity contribution in [3.8, 4) is 0 Å². The summed E-state index contributed by atoms with van der Waals surface area (Å²) in [6.45, 7) is 2.76. The number of hydrogen-bond acceptors (Lipinski definition) is 6. The van der Waals surface area contributed by atoms with Crippen molar-refractivity contribution in [2.24, 2.45) is 0 Å². The van der Waals surface area contributed by atoms with Gasteiger partial charge in [-0.1, -0.05) is 0 Å². The number of aromatic nitrogens is 4. The summed E-state index contributed by atoms with van der Waals surface area (Å²) in [4.78, 5) is 23.7. The minimum Gasteiger partial charge on any atom is -0.376 e. The first-order valence-corrected chi connectivity index (χ1v) is 9.54. The number of fused-ring (bicyclic) bond motifs is 1. The highest BCUT2D eigenvalue weighted by molar-refractivity contribution is 5.42. The lowest BCUT2D eigenvalue weighted by molar-refractivity contribution is 0.108. The van der Waals surface area contributed by atoms with Crippen LogP contribution in [0.15, 0.2) is 23.3 Å². The van der Waals surface area contributed by atoms with Crippen LogP contribution in [0.25, 0.3) is 0 Å². The Morgan fingerprint density at radius 3 is 3.00 bits per heavy atom. The zero-order chi connectivity index (χ0) is 17.5. The molecule has 2 aliphatic heterocycles. The summed E-state index contributed by atoms with van der Waals surface area (Å²) in [6.07, 6.45) is 7.09. The molecule has 2 fully saturated rings. The highest BCUT2D eigenvalue weighted by atomic mass is 16.5. The highest BCUT2D eigenvalue weighted by Crippen LogP contribution is 2.40. The van der Waals surface area contributed by atoms with Gasteiger partial charge in [0.25, 0.3) is 5.56 Å². The Labute approximate surface area is 152 Å². The minimum absolute atomic E-state index is 0.0394. The molecule has 3 aliphatic rings. The fourth-order valence-corrected chi connectivity index (χ4v) is 4.03. The van der Waals surface area contributed by atoms with Crippen molar-refractivity contribution >= 4 is 5.82 Å². The van der Waals surface area contributed by atoms with Crippen molar-refractivity contribution in [2.75, 3.05) is 18.1 Å². The third-order valence-corrected chi connectivity index (χ3v) is 5.63. The Kier molecular flexibility index (Phi) is 3.96. The highest BCUT2D eigenvalue weighted by Gasteiger charge is 2.30. The molecule has 1 saturated heterocycles. The van der Waals surface area contributed by atoms with E-state index >= 15 is 0 Å². The van der Waals surface area contributed by atoms with E-state index in [1.54, 1.807) is 17.1 Å². The Balaban J connectivity index is 1.39. The molecule has 2 aromatic rings. The zero-order valence-corrected chi connectivity index (χ0v) is 14.8. The maximum absolute atomic E-state index is 12.5. The molecule has 1 atom stereocenters. The van der Waals surface area contributed by atoms with Crippen LogP contribution in [0, 0.1) is 0 Å². The van der Waals surface area contributed by atoms with E-state index in [0.717, 1.165) is 48.6 Å². The van der Waals surface area contributed by atoms with E-state index < -0.39 is 0 Å². The van der Waals surface area contributed by atoms with Crippen LogP contribution < -0.4 is 10.5 Å². The van der Waals surface area contributed by atoms with Crippen LogP contribution in [0.3, 0.4) is 0 Å². The molecule has 4 heterocycles. The molecule has 0 bridgehead atoms. The maximum Gasteiger partial charge on any atom is 0.267 e. The first kappa shape index (κ1) is 15.9. The molecule has 2 aromatic heterocycles. The van der Waals surface area contributed by atoms with Crippen LogP contribution in [0.5, 0.6) is 0 Å². The van der Waals surface area contributed by atoms with Crippen LogP contribution >= 0.6 is 0 Å². The van der Waals surface area contributed by atoms with Crippen LogP contribution in [-0.2, 0) is 24.3 Å². The first-order valence-electron chi connectivity index (χ1n) is 9.54. The lowest BCUT2D eigenvalue weighted by Gasteiger charge is -2.26.